The lowest BCUT2D eigenvalue weighted by Crippen LogP contribution is -2.45. The Morgan fingerprint density at radius 3 is 2.44 bits per heavy atom. The van der Waals surface area contributed by atoms with Gasteiger partial charge in [0.25, 0.3) is 0 Å². The topological polar surface area (TPSA) is 20.3 Å². The van der Waals surface area contributed by atoms with E-state index in [1.807, 2.05) is 0 Å². The number of carbonyl (C=O) groups is 1. The van der Waals surface area contributed by atoms with Crippen LogP contribution in [0.25, 0.3) is 0 Å². The van der Waals surface area contributed by atoms with Gasteiger partial charge in [0.1, 0.15) is 5.78 Å². The first-order valence-corrected chi connectivity index (χ1v) is 7.97. The molecular weight excluding hydrogens is 222 g/mol. The third-order valence-electron chi connectivity index (χ3n) is 5.23. The van der Waals surface area contributed by atoms with Crippen molar-refractivity contribution in [1.29, 1.82) is 0 Å². The highest BCUT2D eigenvalue weighted by Crippen LogP contribution is 2.31. The first kappa shape index (κ1) is 14.0. The minimum atomic E-state index is 0.232. The van der Waals surface area contributed by atoms with Crippen LogP contribution in [0.1, 0.15) is 71.1 Å². The van der Waals surface area contributed by atoms with E-state index in [9.17, 15) is 4.79 Å². The minimum Gasteiger partial charge on any atom is -0.298 e. The second-order valence-electron chi connectivity index (χ2n) is 6.33. The molecule has 0 radical (unpaired) electrons. The molecule has 104 valence electrons. The molecule has 0 spiro atoms. The van der Waals surface area contributed by atoms with E-state index in [1.165, 1.54) is 44.9 Å². The molecule has 18 heavy (non-hydrogen) atoms. The minimum absolute atomic E-state index is 0.232. The Hall–Kier alpha value is -0.370. The Labute approximate surface area is 112 Å². The van der Waals surface area contributed by atoms with Crippen LogP contribution in [0.4, 0.5) is 0 Å². The lowest BCUT2D eigenvalue weighted by molar-refractivity contribution is -0.124. The molecule has 0 N–H and O–H groups in total. The third kappa shape index (κ3) is 3.34. The molecule has 0 aromatic heterocycles. The third-order valence-corrected chi connectivity index (χ3v) is 5.23. The molecule has 2 saturated carbocycles. The Morgan fingerprint density at radius 1 is 1.06 bits per heavy atom. The maximum Gasteiger partial charge on any atom is 0.149 e. The van der Waals surface area contributed by atoms with Gasteiger partial charge in [0.15, 0.2) is 0 Å². The standard InChI is InChI=1S/C16H29NO/c1-3-13-9-11-14(12-10-13)17(2)15-7-5-4-6-8-16(15)18/h13-15H,3-12H2,1-2H3. The van der Waals surface area contributed by atoms with Gasteiger partial charge in [-0.1, -0.05) is 26.2 Å². The van der Waals surface area contributed by atoms with Gasteiger partial charge >= 0.3 is 0 Å². The first-order valence-electron chi connectivity index (χ1n) is 7.97. The molecule has 0 aliphatic heterocycles. The van der Waals surface area contributed by atoms with Gasteiger partial charge in [-0.15, -0.1) is 0 Å². The maximum atomic E-state index is 12.2. The predicted octanol–water partition coefficient (Wildman–Crippen LogP) is 3.79. The molecule has 1 atom stereocenters. The summed E-state index contributed by atoms with van der Waals surface area (Å²) in [6.45, 7) is 2.31. The molecule has 2 aliphatic carbocycles. The number of carbonyl (C=O) groups excluding carboxylic acids is 1. The maximum absolute atomic E-state index is 12.2. The van der Waals surface area contributed by atoms with E-state index in [1.54, 1.807) is 0 Å². The second-order valence-corrected chi connectivity index (χ2v) is 6.33. The molecule has 2 aliphatic rings. The summed E-state index contributed by atoms with van der Waals surface area (Å²) in [5.74, 6) is 1.45. The van der Waals surface area contributed by atoms with Crippen LogP contribution in [0, 0.1) is 5.92 Å². The van der Waals surface area contributed by atoms with Crippen LogP contribution in [-0.2, 0) is 4.79 Å². The van der Waals surface area contributed by atoms with E-state index in [0.717, 1.165) is 25.2 Å². The largest absolute Gasteiger partial charge is 0.298 e. The molecule has 0 heterocycles. The van der Waals surface area contributed by atoms with Crippen LogP contribution >= 0.6 is 0 Å². The zero-order valence-corrected chi connectivity index (χ0v) is 12.2. The molecule has 2 heteroatoms. The van der Waals surface area contributed by atoms with E-state index in [4.69, 9.17) is 0 Å². The predicted molar refractivity (Wildman–Crippen MR) is 75.7 cm³/mol. The molecule has 2 fully saturated rings. The fourth-order valence-corrected chi connectivity index (χ4v) is 3.79. The van der Waals surface area contributed by atoms with Crippen LogP contribution in [0.5, 0.6) is 0 Å². The fraction of sp³-hybridized carbons (Fsp3) is 0.938. The van der Waals surface area contributed by atoms with Crippen molar-refractivity contribution in [2.24, 2.45) is 5.92 Å². The molecule has 0 saturated heterocycles. The fourth-order valence-electron chi connectivity index (χ4n) is 3.79. The van der Waals surface area contributed by atoms with Gasteiger partial charge in [-0.05, 0) is 51.5 Å². The smallest absolute Gasteiger partial charge is 0.149 e. The summed E-state index contributed by atoms with van der Waals surface area (Å²) in [5.41, 5.74) is 0. The van der Waals surface area contributed by atoms with E-state index >= 15 is 0 Å². The average Bonchev–Trinajstić information content (AvgIpc) is 2.63. The molecular formula is C16H29NO. The van der Waals surface area contributed by atoms with Gasteiger partial charge in [0.05, 0.1) is 6.04 Å². The Morgan fingerprint density at radius 2 is 1.78 bits per heavy atom. The highest BCUT2D eigenvalue weighted by molar-refractivity contribution is 5.84. The summed E-state index contributed by atoms with van der Waals surface area (Å²) < 4.78 is 0. The lowest BCUT2D eigenvalue weighted by atomic mass is 9.83. The van der Waals surface area contributed by atoms with Crippen LogP contribution in [0.3, 0.4) is 0 Å². The SMILES string of the molecule is CCC1CCC(N(C)C2CCCCCC2=O)CC1. The van der Waals surface area contributed by atoms with Crippen molar-refractivity contribution in [2.45, 2.75) is 83.2 Å². The Bertz CT molecular complexity index is 268. The van der Waals surface area contributed by atoms with Gasteiger partial charge in [-0.3, -0.25) is 9.69 Å². The number of Topliss-reactive ketones (excluding diaryl/α,β-unsaturated/α-hetero) is 1. The summed E-state index contributed by atoms with van der Waals surface area (Å²) in [5, 5.41) is 0. The van der Waals surface area contributed by atoms with E-state index in [-0.39, 0.29) is 6.04 Å². The zero-order chi connectivity index (χ0) is 13.0. The van der Waals surface area contributed by atoms with Crippen LogP contribution in [0.2, 0.25) is 0 Å². The van der Waals surface area contributed by atoms with Gasteiger partial charge in [-0.2, -0.15) is 0 Å². The summed E-state index contributed by atoms with van der Waals surface area (Å²) in [6, 6.07) is 0.899. The van der Waals surface area contributed by atoms with Crippen molar-refractivity contribution in [1.82, 2.24) is 4.90 Å². The highest BCUT2D eigenvalue weighted by Gasteiger charge is 2.31. The molecule has 0 amide bonds. The van der Waals surface area contributed by atoms with Crippen LogP contribution < -0.4 is 0 Å². The summed E-state index contributed by atoms with van der Waals surface area (Å²) in [4.78, 5) is 14.6. The average molecular weight is 251 g/mol. The van der Waals surface area contributed by atoms with Crippen molar-refractivity contribution in [3.05, 3.63) is 0 Å². The number of rotatable bonds is 3. The number of hydrogen-bond donors (Lipinski definition) is 0. The monoisotopic (exact) mass is 251 g/mol. The summed E-state index contributed by atoms with van der Waals surface area (Å²) in [7, 11) is 2.20. The van der Waals surface area contributed by atoms with E-state index in [0.29, 0.717) is 11.8 Å². The van der Waals surface area contributed by atoms with Gasteiger partial charge in [0.2, 0.25) is 0 Å². The Kier molecular flexibility index (Phi) is 5.23. The number of nitrogens with zero attached hydrogens (tertiary/aromatic N) is 1. The lowest BCUT2D eigenvalue weighted by Gasteiger charge is -2.38. The quantitative estimate of drug-likeness (QED) is 0.711. The molecule has 2 rings (SSSR count). The first-order chi connectivity index (χ1) is 8.72. The van der Waals surface area contributed by atoms with Crippen molar-refractivity contribution in [2.75, 3.05) is 7.05 Å². The van der Waals surface area contributed by atoms with Crippen molar-refractivity contribution < 1.29 is 4.79 Å². The molecule has 0 aromatic rings. The molecule has 2 nitrogen and oxygen atoms in total. The van der Waals surface area contributed by atoms with Crippen LogP contribution in [0.15, 0.2) is 0 Å². The van der Waals surface area contributed by atoms with Crippen molar-refractivity contribution in [3.8, 4) is 0 Å². The molecule has 1 unspecified atom stereocenters. The summed E-state index contributed by atoms with van der Waals surface area (Å²) in [6.07, 6.45) is 12.2. The van der Waals surface area contributed by atoms with E-state index < -0.39 is 0 Å². The normalized spacial score (nSPS) is 34.6. The Balaban J connectivity index is 1.89. The number of likely N-dealkylation sites (N-methyl/N-ethyl adjacent to an activating group) is 1. The second kappa shape index (κ2) is 6.70. The highest BCUT2D eigenvalue weighted by atomic mass is 16.1. The van der Waals surface area contributed by atoms with E-state index in [2.05, 4.69) is 18.9 Å². The van der Waals surface area contributed by atoms with Crippen molar-refractivity contribution >= 4 is 5.78 Å². The van der Waals surface area contributed by atoms with Crippen LogP contribution in [-0.4, -0.2) is 29.8 Å². The van der Waals surface area contributed by atoms with Gasteiger partial charge in [-0.25, -0.2) is 0 Å². The van der Waals surface area contributed by atoms with Gasteiger partial charge in [0, 0.05) is 12.5 Å². The summed E-state index contributed by atoms with van der Waals surface area (Å²) >= 11 is 0. The van der Waals surface area contributed by atoms with Crippen molar-refractivity contribution in [3.63, 3.8) is 0 Å². The molecule has 0 aromatic carbocycles. The molecule has 0 bridgehead atoms. The number of hydrogen-bond acceptors (Lipinski definition) is 2. The zero-order valence-electron chi connectivity index (χ0n) is 12.2. The van der Waals surface area contributed by atoms with Gasteiger partial charge < -0.3 is 0 Å². The number of ketones is 1.